The van der Waals surface area contributed by atoms with E-state index >= 15 is 0 Å². The Bertz CT molecular complexity index is 818. The lowest BCUT2D eigenvalue weighted by atomic mass is 10.2. The molecule has 0 spiro atoms. The highest BCUT2D eigenvalue weighted by Crippen LogP contribution is 2.32. The third-order valence-corrected chi connectivity index (χ3v) is 4.24. The molecule has 0 bridgehead atoms. The van der Waals surface area contributed by atoms with E-state index in [1.807, 2.05) is 0 Å². The van der Waals surface area contributed by atoms with Crippen LogP contribution in [0.5, 0.6) is 0 Å². The van der Waals surface area contributed by atoms with Crippen LogP contribution >= 0.6 is 0 Å². The Labute approximate surface area is 115 Å². The molecule has 0 N–H and O–H groups in total. The first-order valence-electron chi connectivity index (χ1n) is 5.80. The van der Waals surface area contributed by atoms with Gasteiger partial charge in [0.05, 0.1) is 5.69 Å². The van der Waals surface area contributed by atoms with E-state index in [2.05, 4.69) is 9.38 Å². The zero-order valence-electron chi connectivity index (χ0n) is 10.5. The largest absolute Gasteiger partial charge is 0.287 e. The monoisotopic (exact) mass is 291 g/mol. The average Bonchev–Trinajstić information content (AvgIpc) is 2.43. The number of anilines is 2. The maximum atomic E-state index is 13.7. The Morgan fingerprint density at radius 2 is 2.05 bits per heavy atom. The van der Waals surface area contributed by atoms with Crippen LogP contribution in [0.1, 0.15) is 5.56 Å². The highest BCUT2D eigenvalue weighted by Gasteiger charge is 2.27. The summed E-state index contributed by atoms with van der Waals surface area (Å²) in [5, 5.41) is 0. The van der Waals surface area contributed by atoms with E-state index in [4.69, 9.17) is 0 Å². The fraction of sp³-hybridized carbons (Fsp3) is 0.0769. The summed E-state index contributed by atoms with van der Waals surface area (Å²) in [6.07, 6.45) is 2.61. The van der Waals surface area contributed by atoms with E-state index in [1.165, 1.54) is 29.3 Å². The van der Waals surface area contributed by atoms with Crippen molar-refractivity contribution in [3.63, 3.8) is 0 Å². The zero-order chi connectivity index (χ0) is 14.3. The van der Waals surface area contributed by atoms with Crippen molar-refractivity contribution in [2.45, 2.75) is 11.8 Å². The Morgan fingerprint density at radius 1 is 1.25 bits per heavy atom. The van der Waals surface area contributed by atoms with Crippen molar-refractivity contribution in [3.8, 4) is 0 Å². The molecule has 0 fully saturated rings. The Hall–Kier alpha value is -2.28. The van der Waals surface area contributed by atoms with Gasteiger partial charge < -0.3 is 0 Å². The number of pyridine rings is 1. The van der Waals surface area contributed by atoms with Gasteiger partial charge in [-0.05, 0) is 36.8 Å². The van der Waals surface area contributed by atoms with Gasteiger partial charge in [-0.15, -0.1) is 4.40 Å². The Kier molecular flexibility index (Phi) is 2.79. The first-order chi connectivity index (χ1) is 9.49. The molecule has 102 valence electrons. The second kappa shape index (κ2) is 4.38. The van der Waals surface area contributed by atoms with Crippen LogP contribution in [0.25, 0.3) is 0 Å². The molecule has 0 aliphatic carbocycles. The summed E-state index contributed by atoms with van der Waals surface area (Å²) < 4.78 is 40.8. The van der Waals surface area contributed by atoms with Crippen molar-refractivity contribution in [1.29, 1.82) is 0 Å². The maximum absolute atomic E-state index is 13.7. The van der Waals surface area contributed by atoms with Crippen LogP contribution in [0.3, 0.4) is 0 Å². The maximum Gasteiger partial charge on any atom is 0.287 e. The Balaban J connectivity index is 2.19. The van der Waals surface area contributed by atoms with Gasteiger partial charge in [-0.2, -0.15) is 8.42 Å². The standard InChI is InChI=1S/C13H10FN3O2S/c1-9-4-5-10(7-11(9)14)17-8-16-20(18,19)12-3-2-6-15-13(12)17/h2-8H,1H3. The number of sulfonamides is 1. The molecule has 20 heavy (non-hydrogen) atoms. The molecular formula is C13H10FN3O2S. The molecule has 2 heterocycles. The van der Waals surface area contributed by atoms with Crippen LogP contribution in [0.4, 0.5) is 15.9 Å². The SMILES string of the molecule is Cc1ccc(N2C=NS(=O)(=O)c3cccnc32)cc1F. The average molecular weight is 291 g/mol. The zero-order valence-corrected chi connectivity index (χ0v) is 11.3. The number of aryl methyl sites for hydroxylation is 1. The topological polar surface area (TPSA) is 62.6 Å². The number of aromatic nitrogens is 1. The predicted molar refractivity (Wildman–Crippen MR) is 73.2 cm³/mol. The van der Waals surface area contributed by atoms with Crippen LogP contribution < -0.4 is 4.90 Å². The Morgan fingerprint density at radius 3 is 2.80 bits per heavy atom. The van der Waals surface area contributed by atoms with E-state index in [-0.39, 0.29) is 16.5 Å². The smallest absolute Gasteiger partial charge is 0.283 e. The van der Waals surface area contributed by atoms with E-state index < -0.39 is 10.0 Å². The van der Waals surface area contributed by atoms with Crippen molar-refractivity contribution in [2.24, 2.45) is 4.40 Å². The van der Waals surface area contributed by atoms with Crippen molar-refractivity contribution in [1.82, 2.24) is 4.98 Å². The van der Waals surface area contributed by atoms with E-state index in [1.54, 1.807) is 19.1 Å². The molecule has 7 heteroatoms. The van der Waals surface area contributed by atoms with Gasteiger partial charge in [0.2, 0.25) is 0 Å². The molecule has 1 aromatic heterocycles. The number of rotatable bonds is 1. The number of fused-ring (bicyclic) bond motifs is 1. The van der Waals surface area contributed by atoms with E-state index in [9.17, 15) is 12.8 Å². The highest BCUT2D eigenvalue weighted by atomic mass is 32.2. The summed E-state index contributed by atoms with van der Waals surface area (Å²) in [5.74, 6) is -0.160. The molecule has 0 unspecified atom stereocenters. The van der Waals surface area contributed by atoms with E-state index in [0.29, 0.717) is 11.3 Å². The molecule has 1 aromatic carbocycles. The van der Waals surface area contributed by atoms with Crippen molar-refractivity contribution in [3.05, 3.63) is 47.9 Å². The summed E-state index contributed by atoms with van der Waals surface area (Å²) in [4.78, 5) is 5.50. The van der Waals surface area contributed by atoms with Gasteiger partial charge in [0.25, 0.3) is 10.0 Å². The van der Waals surface area contributed by atoms with Crippen molar-refractivity contribution < 1.29 is 12.8 Å². The normalized spacial score (nSPS) is 16.0. The molecule has 1 aliphatic rings. The van der Waals surface area contributed by atoms with Crippen LogP contribution in [-0.2, 0) is 10.0 Å². The molecule has 0 atom stereocenters. The first-order valence-corrected chi connectivity index (χ1v) is 7.24. The second-order valence-electron chi connectivity index (χ2n) is 4.32. The highest BCUT2D eigenvalue weighted by molar-refractivity contribution is 7.90. The fourth-order valence-corrected chi connectivity index (χ4v) is 2.87. The number of hydrogen-bond acceptors (Lipinski definition) is 4. The number of benzene rings is 1. The predicted octanol–water partition coefficient (Wildman–Crippen LogP) is 2.40. The molecule has 0 radical (unpaired) electrons. The molecular weight excluding hydrogens is 281 g/mol. The molecule has 1 aliphatic heterocycles. The number of nitrogens with zero attached hydrogens (tertiary/aromatic N) is 3. The summed E-state index contributed by atoms with van der Waals surface area (Å²) in [7, 11) is -3.73. The summed E-state index contributed by atoms with van der Waals surface area (Å²) in [6.45, 7) is 1.65. The lowest BCUT2D eigenvalue weighted by Crippen LogP contribution is -2.23. The quantitative estimate of drug-likeness (QED) is 0.809. The third-order valence-electron chi connectivity index (χ3n) is 2.99. The molecule has 3 rings (SSSR count). The molecule has 2 aromatic rings. The summed E-state index contributed by atoms with van der Waals surface area (Å²) in [5.41, 5.74) is 0.975. The molecule has 0 saturated carbocycles. The summed E-state index contributed by atoms with van der Waals surface area (Å²) >= 11 is 0. The first kappa shape index (κ1) is 12.7. The minimum Gasteiger partial charge on any atom is -0.283 e. The van der Waals surface area contributed by atoms with Gasteiger partial charge >= 0.3 is 0 Å². The van der Waals surface area contributed by atoms with Crippen LogP contribution in [0, 0.1) is 12.7 Å². The molecule has 5 nitrogen and oxygen atoms in total. The lowest BCUT2D eigenvalue weighted by Gasteiger charge is -2.23. The van der Waals surface area contributed by atoms with Crippen molar-refractivity contribution >= 4 is 27.9 Å². The summed E-state index contributed by atoms with van der Waals surface area (Å²) in [6, 6.07) is 7.56. The minimum absolute atomic E-state index is 0.00323. The minimum atomic E-state index is -3.73. The van der Waals surface area contributed by atoms with Gasteiger partial charge in [0.1, 0.15) is 17.1 Å². The van der Waals surface area contributed by atoms with Gasteiger partial charge in [-0.3, -0.25) is 4.90 Å². The van der Waals surface area contributed by atoms with Crippen molar-refractivity contribution in [2.75, 3.05) is 4.90 Å². The second-order valence-corrected chi connectivity index (χ2v) is 5.93. The van der Waals surface area contributed by atoms with Gasteiger partial charge in [-0.1, -0.05) is 6.07 Å². The molecule has 0 amide bonds. The van der Waals surface area contributed by atoms with E-state index in [0.717, 1.165) is 6.34 Å². The van der Waals surface area contributed by atoms with Crippen LogP contribution in [0.2, 0.25) is 0 Å². The number of hydrogen-bond donors (Lipinski definition) is 0. The fourth-order valence-electron chi connectivity index (χ4n) is 1.91. The third kappa shape index (κ3) is 1.96. The van der Waals surface area contributed by atoms with Crippen LogP contribution in [0.15, 0.2) is 45.8 Å². The lowest BCUT2D eigenvalue weighted by molar-refractivity contribution is 0.597. The van der Waals surface area contributed by atoms with Crippen LogP contribution in [-0.4, -0.2) is 19.7 Å². The van der Waals surface area contributed by atoms with Gasteiger partial charge in [0.15, 0.2) is 5.82 Å². The van der Waals surface area contributed by atoms with Gasteiger partial charge in [-0.25, -0.2) is 9.37 Å². The van der Waals surface area contributed by atoms with Gasteiger partial charge in [0, 0.05) is 6.20 Å². The molecule has 0 saturated heterocycles. The number of halogens is 1.